The van der Waals surface area contributed by atoms with Crippen molar-refractivity contribution in [3.05, 3.63) is 131 Å². The zero-order valence-electron chi connectivity index (χ0n) is 26.1. The Kier molecular flexibility index (Phi) is 10.2. The molecular weight excluding hydrogens is 612 g/mol. The lowest BCUT2D eigenvalue weighted by Gasteiger charge is -2.41. The van der Waals surface area contributed by atoms with E-state index >= 15 is 0 Å². The molecule has 10 heteroatoms. The molecule has 4 atom stereocenters. The van der Waals surface area contributed by atoms with E-state index in [-0.39, 0.29) is 42.2 Å². The first-order valence-corrected chi connectivity index (χ1v) is 16.4. The second-order valence-corrected chi connectivity index (χ2v) is 12.6. The molecule has 0 aliphatic carbocycles. The summed E-state index contributed by atoms with van der Waals surface area (Å²) in [5, 5.41) is 15.3. The maximum Gasteiger partial charge on any atom is 0.271 e. The van der Waals surface area contributed by atoms with Gasteiger partial charge in [0.05, 0.1) is 36.0 Å². The molecular formula is C37H36N4O5S. The van der Waals surface area contributed by atoms with Crippen molar-refractivity contribution in [3.8, 4) is 0 Å². The maximum atomic E-state index is 12.8. The van der Waals surface area contributed by atoms with E-state index in [0.29, 0.717) is 17.8 Å². The van der Waals surface area contributed by atoms with E-state index < -0.39 is 6.29 Å². The summed E-state index contributed by atoms with van der Waals surface area (Å²) in [6.07, 6.45) is 0.538. The van der Waals surface area contributed by atoms with Crippen LogP contribution in [0, 0.1) is 5.92 Å². The van der Waals surface area contributed by atoms with Gasteiger partial charge in [0.1, 0.15) is 5.69 Å². The number of amides is 2. The number of aromatic nitrogens is 2. The van der Waals surface area contributed by atoms with E-state index in [9.17, 15) is 14.7 Å². The van der Waals surface area contributed by atoms with Crippen molar-refractivity contribution < 1.29 is 24.2 Å². The number of nitrogens with zero attached hydrogens (tertiary/aromatic N) is 2. The fraction of sp³-hybridized carbons (Fsp3) is 0.243. The number of ether oxygens (including phenoxy) is 2. The van der Waals surface area contributed by atoms with Crippen LogP contribution in [0.5, 0.6) is 0 Å². The average molecular weight is 649 g/mol. The molecule has 1 aliphatic heterocycles. The quantitative estimate of drug-likeness (QED) is 0.145. The second-order valence-electron chi connectivity index (χ2n) is 11.5. The van der Waals surface area contributed by atoms with Crippen molar-refractivity contribution in [2.75, 3.05) is 11.1 Å². The van der Waals surface area contributed by atoms with E-state index in [1.807, 2.05) is 97.1 Å². The number of benzene rings is 4. The molecule has 3 N–H and O–H groups in total. The molecule has 2 heterocycles. The number of aliphatic hydroxyl groups is 1. The van der Waals surface area contributed by atoms with Gasteiger partial charge in [-0.1, -0.05) is 67.6 Å². The summed E-state index contributed by atoms with van der Waals surface area (Å²) >= 11 is 1.69. The number of carbonyl (C=O) groups excluding carboxylic acids is 2. The molecule has 4 aromatic carbocycles. The van der Waals surface area contributed by atoms with Crippen LogP contribution in [0.2, 0.25) is 0 Å². The third kappa shape index (κ3) is 8.04. The van der Waals surface area contributed by atoms with Crippen molar-refractivity contribution in [3.63, 3.8) is 0 Å². The van der Waals surface area contributed by atoms with Gasteiger partial charge >= 0.3 is 0 Å². The lowest BCUT2D eigenvalue weighted by atomic mass is 9.91. The molecule has 47 heavy (non-hydrogen) atoms. The van der Waals surface area contributed by atoms with Crippen LogP contribution in [-0.2, 0) is 27.4 Å². The summed E-state index contributed by atoms with van der Waals surface area (Å²) in [7, 11) is 0. The molecule has 9 nitrogen and oxygen atoms in total. The van der Waals surface area contributed by atoms with Gasteiger partial charge in [-0.15, -0.1) is 11.8 Å². The Morgan fingerprint density at radius 3 is 2.23 bits per heavy atom. The highest BCUT2D eigenvalue weighted by molar-refractivity contribution is 7.99. The molecule has 0 saturated carbocycles. The Morgan fingerprint density at radius 1 is 0.851 bits per heavy atom. The van der Waals surface area contributed by atoms with E-state index in [0.717, 1.165) is 38.4 Å². The molecule has 0 radical (unpaired) electrons. The lowest BCUT2D eigenvalue weighted by molar-refractivity contribution is -0.268. The fourth-order valence-corrected chi connectivity index (χ4v) is 6.53. The van der Waals surface area contributed by atoms with E-state index in [2.05, 4.69) is 27.5 Å². The molecule has 240 valence electrons. The number of aliphatic hydroxyl groups excluding tert-OH is 1. The minimum absolute atomic E-state index is 0.0183. The normalized spacial score (nSPS) is 19.3. The molecule has 5 aromatic rings. The minimum Gasteiger partial charge on any atom is -0.392 e. The number of nitrogens with one attached hydrogen (secondary N) is 2. The number of rotatable bonds is 10. The van der Waals surface area contributed by atoms with Crippen molar-refractivity contribution >= 4 is 40.3 Å². The highest BCUT2D eigenvalue weighted by Crippen LogP contribution is 2.43. The predicted octanol–water partition coefficient (Wildman–Crippen LogP) is 6.59. The first-order chi connectivity index (χ1) is 22.9. The van der Waals surface area contributed by atoms with Crippen LogP contribution in [0.4, 0.5) is 5.69 Å². The van der Waals surface area contributed by atoms with Crippen LogP contribution in [0.25, 0.3) is 11.0 Å². The summed E-state index contributed by atoms with van der Waals surface area (Å²) in [5.74, 6) is 0.353. The van der Waals surface area contributed by atoms with E-state index in [1.165, 1.54) is 13.1 Å². The third-order valence-electron chi connectivity index (χ3n) is 8.10. The van der Waals surface area contributed by atoms with E-state index in [1.54, 1.807) is 11.8 Å². The molecule has 6 rings (SSSR count). The number of fused-ring (bicyclic) bond motifs is 1. The second kappa shape index (κ2) is 14.9. The summed E-state index contributed by atoms with van der Waals surface area (Å²) in [6, 6.07) is 30.9. The standard InChI is InChI=1S/C37H36N4O5S/c1-23-34(22-47-30-17-15-29(16-18-30)40-24(2)43)45-37(46-35(23)27-11-9-26(21-42)10-12-27)28-13-7-25(8-14-28)19-39-36(44)33-20-38-31-5-3-4-6-32(31)41-33/h3-18,20,23,34-35,37,42H,19,21-22H2,1-2H3,(H,39,44)(H,40,43)/t23-,34+,35+,37+/m0/s1. The zero-order chi connectivity index (χ0) is 32.8. The molecule has 0 spiro atoms. The highest BCUT2D eigenvalue weighted by atomic mass is 32.2. The van der Waals surface area contributed by atoms with Crippen LogP contribution >= 0.6 is 11.8 Å². The van der Waals surface area contributed by atoms with Crippen LogP contribution < -0.4 is 10.6 Å². The number of thioether (sulfide) groups is 1. The maximum absolute atomic E-state index is 12.8. The van der Waals surface area contributed by atoms with Gasteiger partial charge in [-0.05, 0) is 53.1 Å². The molecule has 0 unspecified atom stereocenters. The summed E-state index contributed by atoms with van der Waals surface area (Å²) < 4.78 is 13.2. The molecule has 0 bridgehead atoms. The third-order valence-corrected chi connectivity index (χ3v) is 9.20. The van der Waals surface area contributed by atoms with Crippen LogP contribution in [0.3, 0.4) is 0 Å². The Labute approximate surface area is 277 Å². The average Bonchev–Trinajstić information content (AvgIpc) is 3.10. The van der Waals surface area contributed by atoms with Gasteiger partial charge in [0.2, 0.25) is 5.91 Å². The van der Waals surface area contributed by atoms with Crippen LogP contribution in [-0.4, -0.2) is 38.7 Å². The summed E-state index contributed by atoms with van der Waals surface area (Å²) in [4.78, 5) is 34.0. The topological polar surface area (TPSA) is 123 Å². The molecule has 1 aromatic heterocycles. The Balaban J connectivity index is 1.14. The highest BCUT2D eigenvalue weighted by Gasteiger charge is 2.38. The van der Waals surface area contributed by atoms with Gasteiger partial charge in [-0.3, -0.25) is 14.6 Å². The Morgan fingerprint density at radius 2 is 1.53 bits per heavy atom. The van der Waals surface area contributed by atoms with Gasteiger partial charge in [-0.2, -0.15) is 0 Å². The smallest absolute Gasteiger partial charge is 0.271 e. The number of para-hydroxylation sites is 2. The molecule has 2 amide bonds. The van der Waals surface area contributed by atoms with Crippen LogP contribution in [0.1, 0.15) is 59.0 Å². The zero-order valence-corrected chi connectivity index (χ0v) is 26.9. The monoisotopic (exact) mass is 648 g/mol. The molecule has 1 saturated heterocycles. The predicted molar refractivity (Wildman–Crippen MR) is 182 cm³/mol. The van der Waals surface area contributed by atoms with Gasteiger partial charge in [-0.25, -0.2) is 4.98 Å². The van der Waals surface area contributed by atoms with Crippen molar-refractivity contribution in [2.24, 2.45) is 5.92 Å². The van der Waals surface area contributed by atoms with Gasteiger partial charge in [0, 0.05) is 41.3 Å². The summed E-state index contributed by atoms with van der Waals surface area (Å²) in [6.45, 7) is 3.94. The van der Waals surface area contributed by atoms with Crippen LogP contribution in [0.15, 0.2) is 108 Å². The number of hydrogen-bond donors (Lipinski definition) is 3. The van der Waals surface area contributed by atoms with E-state index in [4.69, 9.17) is 9.47 Å². The molecule has 1 aliphatic rings. The first-order valence-electron chi connectivity index (χ1n) is 15.5. The SMILES string of the molecule is CC(=O)Nc1ccc(SC[C@H]2O[C@@H](c3ccc(CNC(=O)c4cnc5ccccc5n4)cc3)O[C@@H](c3ccc(CO)cc3)[C@H]2C)cc1. The van der Waals surface area contributed by atoms with Gasteiger partial charge in [0.25, 0.3) is 5.91 Å². The number of carbonyl (C=O) groups is 2. The van der Waals surface area contributed by atoms with Crippen molar-refractivity contribution in [1.29, 1.82) is 0 Å². The Bertz CT molecular complexity index is 1830. The molecule has 1 fully saturated rings. The van der Waals surface area contributed by atoms with Crippen molar-refractivity contribution in [1.82, 2.24) is 15.3 Å². The van der Waals surface area contributed by atoms with Gasteiger partial charge in [0.15, 0.2) is 6.29 Å². The first kappa shape index (κ1) is 32.3. The van der Waals surface area contributed by atoms with Gasteiger partial charge < -0.3 is 25.2 Å². The Hall–Kier alpha value is -4.61. The fourth-order valence-electron chi connectivity index (χ4n) is 5.46. The largest absolute Gasteiger partial charge is 0.392 e. The number of anilines is 1. The lowest BCUT2D eigenvalue weighted by Crippen LogP contribution is -2.38. The minimum atomic E-state index is -0.599. The number of hydrogen-bond acceptors (Lipinski definition) is 8. The summed E-state index contributed by atoms with van der Waals surface area (Å²) in [5.41, 5.74) is 6.10. The van der Waals surface area contributed by atoms with Crippen molar-refractivity contribution in [2.45, 2.75) is 50.4 Å².